The normalized spacial score (nSPS) is 15.1. The number of anilines is 1. The van der Waals surface area contributed by atoms with Gasteiger partial charge >= 0.3 is 0 Å². The van der Waals surface area contributed by atoms with Gasteiger partial charge in [-0.3, -0.25) is 4.68 Å². The summed E-state index contributed by atoms with van der Waals surface area (Å²) in [5.74, 6) is -0.117. The Bertz CT molecular complexity index is 1290. The molecule has 0 bridgehead atoms. The molecule has 34 heavy (non-hydrogen) atoms. The van der Waals surface area contributed by atoms with Gasteiger partial charge in [-0.15, -0.1) is 5.10 Å². The van der Waals surface area contributed by atoms with Crippen molar-refractivity contribution in [1.82, 2.24) is 39.9 Å². The van der Waals surface area contributed by atoms with E-state index in [9.17, 15) is 4.39 Å². The van der Waals surface area contributed by atoms with Crippen molar-refractivity contribution >= 4 is 17.4 Å². The fraction of sp³-hybridized carbons (Fsp3) is 0.348. The van der Waals surface area contributed by atoms with Crippen LogP contribution < -0.4 is 5.73 Å². The molecular weight excluding hydrogens is 457 g/mol. The van der Waals surface area contributed by atoms with Crippen LogP contribution in [0.4, 0.5) is 10.2 Å². The molecule has 176 valence electrons. The SMILES string of the molecule is CCCN1CCC(n2cc(-c3cnc(N)c(-c4nnnn4-c4cccc(Cl)c4F)c3)cn2)CC1. The fourth-order valence-electron chi connectivity index (χ4n) is 4.40. The number of pyridine rings is 1. The van der Waals surface area contributed by atoms with Crippen LogP contribution in [-0.4, -0.2) is 59.5 Å². The lowest BCUT2D eigenvalue weighted by Crippen LogP contribution is -2.35. The van der Waals surface area contributed by atoms with Gasteiger partial charge in [0, 0.05) is 36.6 Å². The molecule has 9 nitrogen and oxygen atoms in total. The summed E-state index contributed by atoms with van der Waals surface area (Å²) in [5.41, 5.74) is 8.52. The van der Waals surface area contributed by atoms with E-state index in [1.165, 1.54) is 17.2 Å². The molecule has 4 aromatic rings. The number of benzene rings is 1. The number of piperidine rings is 1. The zero-order valence-electron chi connectivity index (χ0n) is 18.8. The topological polar surface area (TPSA) is 104 Å². The molecule has 0 spiro atoms. The Kier molecular flexibility index (Phi) is 6.25. The minimum Gasteiger partial charge on any atom is -0.383 e. The summed E-state index contributed by atoms with van der Waals surface area (Å²) >= 11 is 5.95. The molecule has 3 aromatic heterocycles. The second-order valence-corrected chi connectivity index (χ2v) is 8.83. The maximum Gasteiger partial charge on any atom is 0.190 e. The number of nitrogens with two attached hydrogens (primary N) is 1. The van der Waals surface area contributed by atoms with Crippen molar-refractivity contribution < 1.29 is 4.39 Å². The maximum atomic E-state index is 14.6. The molecule has 1 fully saturated rings. The molecular formula is C23H25ClFN9. The van der Waals surface area contributed by atoms with Crippen LogP contribution in [0.15, 0.2) is 42.9 Å². The van der Waals surface area contributed by atoms with E-state index in [1.807, 2.05) is 23.1 Å². The first-order valence-corrected chi connectivity index (χ1v) is 11.7. The number of rotatable bonds is 6. The molecule has 0 unspecified atom stereocenters. The molecule has 1 aromatic carbocycles. The van der Waals surface area contributed by atoms with Gasteiger partial charge in [0.05, 0.1) is 22.8 Å². The molecule has 2 N–H and O–H groups in total. The van der Waals surface area contributed by atoms with Gasteiger partial charge in [0.2, 0.25) is 0 Å². The van der Waals surface area contributed by atoms with Gasteiger partial charge in [0.25, 0.3) is 0 Å². The van der Waals surface area contributed by atoms with Crippen LogP contribution in [0.2, 0.25) is 5.02 Å². The highest BCUT2D eigenvalue weighted by Crippen LogP contribution is 2.31. The van der Waals surface area contributed by atoms with Crippen molar-refractivity contribution in [1.29, 1.82) is 0 Å². The van der Waals surface area contributed by atoms with Crippen LogP contribution >= 0.6 is 11.6 Å². The van der Waals surface area contributed by atoms with Crippen molar-refractivity contribution in [2.75, 3.05) is 25.4 Å². The molecule has 0 amide bonds. The van der Waals surface area contributed by atoms with Crippen molar-refractivity contribution in [3.63, 3.8) is 0 Å². The maximum absolute atomic E-state index is 14.6. The first kappa shape index (κ1) is 22.4. The summed E-state index contributed by atoms with van der Waals surface area (Å²) in [6, 6.07) is 6.86. The van der Waals surface area contributed by atoms with E-state index < -0.39 is 5.82 Å². The molecule has 4 heterocycles. The van der Waals surface area contributed by atoms with Crippen LogP contribution in [0.3, 0.4) is 0 Å². The number of tetrazole rings is 1. The molecule has 1 aliphatic rings. The van der Waals surface area contributed by atoms with Crippen LogP contribution in [0, 0.1) is 5.82 Å². The second-order valence-electron chi connectivity index (χ2n) is 8.43. The average molecular weight is 482 g/mol. The standard InChI is InChI=1S/C23H25ClFN9/c1-2-8-32-9-6-17(7-10-32)33-14-16(13-28-33)15-11-18(22(26)27-12-15)23-29-30-31-34(23)20-5-3-4-19(24)21(20)25/h3-5,11-14,17H,2,6-10H2,1H3,(H2,26,27). The third-order valence-corrected chi connectivity index (χ3v) is 6.49. The molecule has 5 rings (SSSR count). The number of nitrogen functional groups attached to an aromatic ring is 1. The Morgan fingerprint density at radius 3 is 2.79 bits per heavy atom. The molecule has 0 atom stereocenters. The first-order chi connectivity index (χ1) is 16.5. The summed E-state index contributed by atoms with van der Waals surface area (Å²) in [5, 5.41) is 16.3. The number of nitrogens with zero attached hydrogens (tertiary/aromatic N) is 8. The van der Waals surface area contributed by atoms with E-state index in [0.29, 0.717) is 11.6 Å². The molecule has 0 radical (unpaired) electrons. The van der Waals surface area contributed by atoms with Gasteiger partial charge in [0.15, 0.2) is 11.6 Å². The van der Waals surface area contributed by atoms with Gasteiger partial charge in [0.1, 0.15) is 11.5 Å². The molecule has 1 saturated heterocycles. The van der Waals surface area contributed by atoms with E-state index >= 15 is 0 Å². The molecule has 1 aliphatic heterocycles. The zero-order valence-corrected chi connectivity index (χ0v) is 19.5. The molecule has 11 heteroatoms. The van der Waals surface area contributed by atoms with Gasteiger partial charge in [-0.25, -0.2) is 9.37 Å². The number of hydrogen-bond acceptors (Lipinski definition) is 7. The largest absolute Gasteiger partial charge is 0.383 e. The van der Waals surface area contributed by atoms with Crippen LogP contribution in [0.25, 0.3) is 28.2 Å². The summed E-state index contributed by atoms with van der Waals surface area (Å²) in [4.78, 5) is 6.85. The summed E-state index contributed by atoms with van der Waals surface area (Å²) in [6.07, 6.45) is 8.89. The quantitative estimate of drug-likeness (QED) is 0.443. The Labute approximate surface area is 201 Å². The highest BCUT2D eigenvalue weighted by Gasteiger charge is 2.22. The lowest BCUT2D eigenvalue weighted by atomic mass is 10.0. The number of aromatic nitrogens is 7. The van der Waals surface area contributed by atoms with E-state index in [4.69, 9.17) is 17.3 Å². The summed E-state index contributed by atoms with van der Waals surface area (Å²) in [6.45, 7) is 5.54. The summed E-state index contributed by atoms with van der Waals surface area (Å²) in [7, 11) is 0. The minimum absolute atomic E-state index is 0.0215. The highest BCUT2D eigenvalue weighted by molar-refractivity contribution is 6.30. The predicted molar refractivity (Wildman–Crippen MR) is 128 cm³/mol. The lowest BCUT2D eigenvalue weighted by molar-refractivity contribution is 0.180. The van der Waals surface area contributed by atoms with Crippen LogP contribution in [-0.2, 0) is 0 Å². The van der Waals surface area contributed by atoms with Crippen LogP contribution in [0.5, 0.6) is 0 Å². The fourth-order valence-corrected chi connectivity index (χ4v) is 4.57. The first-order valence-electron chi connectivity index (χ1n) is 11.3. The Hall–Kier alpha value is -3.37. The number of likely N-dealkylation sites (tertiary alicyclic amines) is 1. The smallest absolute Gasteiger partial charge is 0.190 e. The third-order valence-electron chi connectivity index (χ3n) is 6.19. The minimum atomic E-state index is -0.619. The monoisotopic (exact) mass is 481 g/mol. The number of halogens is 2. The Morgan fingerprint density at radius 2 is 2.00 bits per heavy atom. The van der Waals surface area contributed by atoms with Gasteiger partial charge in [-0.2, -0.15) is 9.78 Å². The van der Waals surface area contributed by atoms with E-state index in [2.05, 4.69) is 37.4 Å². The Morgan fingerprint density at radius 1 is 1.18 bits per heavy atom. The van der Waals surface area contributed by atoms with Crippen molar-refractivity contribution in [2.45, 2.75) is 32.2 Å². The van der Waals surface area contributed by atoms with E-state index in [0.717, 1.165) is 43.6 Å². The van der Waals surface area contributed by atoms with Crippen molar-refractivity contribution in [3.05, 3.63) is 53.7 Å². The third kappa shape index (κ3) is 4.26. The number of hydrogen-bond donors (Lipinski definition) is 1. The van der Waals surface area contributed by atoms with Crippen molar-refractivity contribution in [2.24, 2.45) is 0 Å². The van der Waals surface area contributed by atoms with Gasteiger partial charge in [-0.05, 0) is 54.4 Å². The zero-order chi connectivity index (χ0) is 23.7. The van der Waals surface area contributed by atoms with Crippen molar-refractivity contribution in [3.8, 4) is 28.2 Å². The predicted octanol–water partition coefficient (Wildman–Crippen LogP) is 4.01. The molecule has 0 aliphatic carbocycles. The Balaban J connectivity index is 1.44. The van der Waals surface area contributed by atoms with Gasteiger partial charge in [-0.1, -0.05) is 24.6 Å². The average Bonchev–Trinajstić information content (AvgIpc) is 3.52. The van der Waals surface area contributed by atoms with Crippen LogP contribution in [0.1, 0.15) is 32.2 Å². The summed E-state index contributed by atoms with van der Waals surface area (Å²) < 4.78 is 18.0. The molecule has 0 saturated carbocycles. The second kappa shape index (κ2) is 9.47. The lowest BCUT2D eigenvalue weighted by Gasteiger charge is -2.31. The van der Waals surface area contributed by atoms with E-state index in [-0.39, 0.29) is 22.4 Å². The van der Waals surface area contributed by atoms with Gasteiger partial charge < -0.3 is 10.6 Å². The highest BCUT2D eigenvalue weighted by atomic mass is 35.5. The van der Waals surface area contributed by atoms with E-state index in [1.54, 1.807) is 18.3 Å².